The molecule has 2 aromatic carbocycles. The molecular weight excluding hydrogens is 380 g/mol. The molecule has 0 saturated carbocycles. The molecule has 160 valence electrons. The van der Waals surface area contributed by atoms with Crippen molar-refractivity contribution >= 4 is 17.5 Å². The second-order valence-electron chi connectivity index (χ2n) is 8.91. The fourth-order valence-electron chi connectivity index (χ4n) is 3.49. The minimum atomic E-state index is -0.585. The van der Waals surface area contributed by atoms with Crippen LogP contribution in [0.1, 0.15) is 45.2 Å². The lowest BCUT2D eigenvalue weighted by atomic mass is 9.92. The van der Waals surface area contributed by atoms with Crippen LogP contribution < -0.4 is 14.8 Å². The van der Waals surface area contributed by atoms with Gasteiger partial charge in [0.2, 0.25) is 5.91 Å². The largest absolute Gasteiger partial charge is 0.497 e. The van der Waals surface area contributed by atoms with Gasteiger partial charge in [0.05, 0.1) is 7.11 Å². The average molecular weight is 411 g/mol. The molecule has 2 aromatic rings. The van der Waals surface area contributed by atoms with Crippen molar-refractivity contribution in [1.82, 2.24) is 4.90 Å². The van der Waals surface area contributed by atoms with Gasteiger partial charge < -0.3 is 19.7 Å². The van der Waals surface area contributed by atoms with Crippen LogP contribution in [0.5, 0.6) is 11.5 Å². The lowest BCUT2D eigenvalue weighted by molar-refractivity contribution is -0.138. The molecule has 1 aliphatic heterocycles. The van der Waals surface area contributed by atoms with E-state index >= 15 is 0 Å². The van der Waals surface area contributed by atoms with Crippen LogP contribution in [0.4, 0.5) is 5.69 Å². The van der Waals surface area contributed by atoms with Crippen LogP contribution in [-0.4, -0.2) is 29.9 Å². The summed E-state index contributed by atoms with van der Waals surface area (Å²) < 4.78 is 11.2. The maximum absolute atomic E-state index is 12.9. The van der Waals surface area contributed by atoms with E-state index in [0.717, 1.165) is 16.9 Å². The van der Waals surface area contributed by atoms with Gasteiger partial charge in [0.25, 0.3) is 5.91 Å². The lowest BCUT2D eigenvalue weighted by Crippen LogP contribution is -2.37. The number of carbonyl (C=O) groups is 2. The van der Waals surface area contributed by atoms with Gasteiger partial charge in [-0.25, -0.2) is 0 Å². The molecule has 1 atom stereocenters. The van der Waals surface area contributed by atoms with Crippen LogP contribution in [0.3, 0.4) is 0 Å². The van der Waals surface area contributed by atoms with Crippen LogP contribution in [0.2, 0.25) is 0 Å². The van der Waals surface area contributed by atoms with E-state index in [2.05, 4.69) is 5.32 Å². The predicted molar refractivity (Wildman–Crippen MR) is 116 cm³/mol. The van der Waals surface area contributed by atoms with Gasteiger partial charge >= 0.3 is 0 Å². The number of methoxy groups -OCH3 is 1. The van der Waals surface area contributed by atoms with Crippen molar-refractivity contribution in [2.45, 2.75) is 53.3 Å². The number of amides is 2. The average Bonchev–Trinajstić information content (AvgIpc) is 2.77. The van der Waals surface area contributed by atoms with Crippen LogP contribution >= 0.6 is 0 Å². The molecule has 2 amide bonds. The van der Waals surface area contributed by atoms with E-state index < -0.39 is 6.10 Å². The summed E-state index contributed by atoms with van der Waals surface area (Å²) in [4.78, 5) is 27.0. The van der Waals surface area contributed by atoms with Gasteiger partial charge in [0.15, 0.2) is 6.10 Å². The van der Waals surface area contributed by atoms with Crippen LogP contribution in [0, 0.1) is 5.41 Å². The standard InChI is InChI=1S/C24H30N2O4/c1-16-23(28)26(14-17-7-6-8-20(11-17)29-5)15-18-12-19(9-10-21(18)30-16)25-22(27)13-24(2,3)4/h6-12,16H,13-15H2,1-5H3,(H,25,27). The molecule has 0 radical (unpaired) electrons. The number of hydrogen-bond donors (Lipinski definition) is 1. The Morgan fingerprint density at radius 1 is 1.23 bits per heavy atom. The van der Waals surface area contributed by atoms with Crippen LogP contribution in [0.25, 0.3) is 0 Å². The molecular formula is C24H30N2O4. The molecule has 1 unspecified atom stereocenters. The van der Waals surface area contributed by atoms with Gasteiger partial charge in [0, 0.05) is 30.8 Å². The highest BCUT2D eigenvalue weighted by atomic mass is 16.5. The molecule has 0 bridgehead atoms. The van der Waals surface area contributed by atoms with Crippen molar-refractivity contribution < 1.29 is 19.1 Å². The number of ether oxygens (including phenoxy) is 2. The highest BCUT2D eigenvalue weighted by Crippen LogP contribution is 2.30. The van der Waals surface area contributed by atoms with E-state index in [9.17, 15) is 9.59 Å². The molecule has 0 aliphatic carbocycles. The zero-order valence-electron chi connectivity index (χ0n) is 18.3. The van der Waals surface area contributed by atoms with E-state index in [1.54, 1.807) is 18.9 Å². The smallest absolute Gasteiger partial charge is 0.263 e. The summed E-state index contributed by atoms with van der Waals surface area (Å²) >= 11 is 0. The monoisotopic (exact) mass is 410 g/mol. The SMILES string of the molecule is COc1cccc(CN2Cc3cc(NC(=O)CC(C)(C)C)ccc3OC(C)C2=O)c1. The first-order chi connectivity index (χ1) is 14.1. The normalized spacial score (nSPS) is 16.4. The van der Waals surface area contributed by atoms with Gasteiger partial charge in [-0.05, 0) is 48.2 Å². The number of anilines is 1. The molecule has 6 nitrogen and oxygen atoms in total. The highest BCUT2D eigenvalue weighted by molar-refractivity contribution is 5.91. The Morgan fingerprint density at radius 2 is 2.00 bits per heavy atom. The van der Waals surface area contributed by atoms with Crippen molar-refractivity contribution in [3.63, 3.8) is 0 Å². The van der Waals surface area contributed by atoms with E-state index in [1.165, 1.54) is 0 Å². The summed E-state index contributed by atoms with van der Waals surface area (Å²) in [5.74, 6) is 1.31. The summed E-state index contributed by atoms with van der Waals surface area (Å²) in [6, 6.07) is 13.2. The Bertz CT molecular complexity index is 933. The van der Waals surface area contributed by atoms with Crippen molar-refractivity contribution in [2.24, 2.45) is 5.41 Å². The number of rotatable bonds is 5. The molecule has 0 fully saturated rings. The second kappa shape index (κ2) is 8.78. The molecule has 6 heteroatoms. The molecule has 0 spiro atoms. The fraction of sp³-hybridized carbons (Fsp3) is 0.417. The Kier molecular flexibility index (Phi) is 6.34. The number of benzene rings is 2. The Balaban J connectivity index is 1.81. The second-order valence-corrected chi connectivity index (χ2v) is 8.91. The molecule has 1 heterocycles. The number of fused-ring (bicyclic) bond motifs is 1. The third-order valence-electron chi connectivity index (χ3n) is 4.87. The topological polar surface area (TPSA) is 67.9 Å². The summed E-state index contributed by atoms with van der Waals surface area (Å²) in [6.07, 6.45) is -0.156. The maximum Gasteiger partial charge on any atom is 0.263 e. The zero-order valence-corrected chi connectivity index (χ0v) is 18.3. The quantitative estimate of drug-likeness (QED) is 0.794. The first-order valence-electron chi connectivity index (χ1n) is 10.2. The third-order valence-corrected chi connectivity index (χ3v) is 4.87. The minimum absolute atomic E-state index is 0.0327. The predicted octanol–water partition coefficient (Wildman–Crippen LogP) is 4.38. The molecule has 3 rings (SSSR count). The van der Waals surface area contributed by atoms with Gasteiger partial charge in [-0.2, -0.15) is 0 Å². The summed E-state index contributed by atoms with van der Waals surface area (Å²) in [7, 11) is 1.62. The van der Waals surface area contributed by atoms with E-state index in [4.69, 9.17) is 9.47 Å². The van der Waals surface area contributed by atoms with E-state index in [-0.39, 0.29) is 17.2 Å². The molecule has 1 N–H and O–H groups in total. The first-order valence-corrected chi connectivity index (χ1v) is 10.2. The fourth-order valence-corrected chi connectivity index (χ4v) is 3.49. The van der Waals surface area contributed by atoms with Crippen molar-refractivity contribution in [2.75, 3.05) is 12.4 Å². The summed E-state index contributed by atoms with van der Waals surface area (Å²) in [6.45, 7) is 8.69. The lowest BCUT2D eigenvalue weighted by Gasteiger charge is -2.22. The number of nitrogens with zero attached hydrogens (tertiary/aromatic N) is 1. The summed E-state index contributed by atoms with van der Waals surface area (Å²) in [5, 5.41) is 2.96. The molecule has 0 aromatic heterocycles. The van der Waals surface area contributed by atoms with Crippen LogP contribution in [-0.2, 0) is 22.7 Å². The molecule has 0 saturated heterocycles. The van der Waals surface area contributed by atoms with Gasteiger partial charge in [-0.15, -0.1) is 0 Å². The Morgan fingerprint density at radius 3 is 2.70 bits per heavy atom. The number of carbonyl (C=O) groups excluding carboxylic acids is 2. The number of nitrogens with one attached hydrogen (secondary N) is 1. The van der Waals surface area contributed by atoms with Crippen LogP contribution in [0.15, 0.2) is 42.5 Å². The zero-order chi connectivity index (χ0) is 21.9. The van der Waals surface area contributed by atoms with Crippen molar-refractivity contribution in [1.29, 1.82) is 0 Å². The number of hydrogen-bond acceptors (Lipinski definition) is 4. The first kappa shape index (κ1) is 21.7. The van der Waals surface area contributed by atoms with E-state index in [1.807, 2.05) is 63.2 Å². The Labute approximate surface area is 178 Å². The molecule has 30 heavy (non-hydrogen) atoms. The van der Waals surface area contributed by atoms with Gasteiger partial charge in [-0.1, -0.05) is 32.9 Å². The summed E-state index contributed by atoms with van der Waals surface area (Å²) in [5.41, 5.74) is 2.46. The minimum Gasteiger partial charge on any atom is -0.497 e. The van der Waals surface area contributed by atoms with Crippen molar-refractivity contribution in [3.8, 4) is 11.5 Å². The van der Waals surface area contributed by atoms with Gasteiger partial charge in [-0.3, -0.25) is 9.59 Å². The van der Waals surface area contributed by atoms with E-state index in [0.29, 0.717) is 30.9 Å². The molecule has 1 aliphatic rings. The maximum atomic E-state index is 12.9. The third kappa shape index (κ3) is 5.53. The van der Waals surface area contributed by atoms with Crippen molar-refractivity contribution in [3.05, 3.63) is 53.6 Å². The highest BCUT2D eigenvalue weighted by Gasteiger charge is 2.28. The Hall–Kier alpha value is -3.02. The van der Waals surface area contributed by atoms with Gasteiger partial charge in [0.1, 0.15) is 11.5 Å².